The summed E-state index contributed by atoms with van der Waals surface area (Å²) < 4.78 is 54.1. The number of alkyl carbamates (subject to hydrolysis) is 1. The number of hydrogen-bond donors (Lipinski definition) is 3. The highest BCUT2D eigenvalue weighted by Gasteiger charge is 2.33. The van der Waals surface area contributed by atoms with Crippen molar-refractivity contribution >= 4 is 23.4 Å². The molecule has 11 heteroatoms. The fourth-order valence-electron chi connectivity index (χ4n) is 3.86. The number of hydrogen-bond acceptors (Lipinski definition) is 6. The molecule has 1 aliphatic heterocycles. The van der Waals surface area contributed by atoms with Crippen LogP contribution in [-0.4, -0.2) is 63.9 Å². The van der Waals surface area contributed by atoms with Crippen molar-refractivity contribution in [1.82, 2.24) is 10.6 Å². The third-order valence-corrected chi connectivity index (χ3v) is 5.99. The molecule has 0 radical (unpaired) electrons. The highest BCUT2D eigenvalue weighted by Crippen LogP contribution is 2.21. The van der Waals surface area contributed by atoms with Crippen molar-refractivity contribution in [2.45, 2.75) is 43.9 Å². The number of nitrogens with one attached hydrogen (secondary N) is 3. The number of halogens is 4. The molecule has 0 aromatic heterocycles. The molecular formula is C25H31ClF3N3O4. The minimum Gasteiger partial charge on any atom is -0.448 e. The number of carbonyl (C=O) groups excluding carboxylic acids is 1. The van der Waals surface area contributed by atoms with Crippen LogP contribution in [0.15, 0.2) is 48.5 Å². The molecule has 198 valence electrons. The highest BCUT2D eigenvalue weighted by atomic mass is 35.5. The zero-order chi connectivity index (χ0) is 26.0. The number of ether oxygens (including phenoxy) is 3. The van der Waals surface area contributed by atoms with Gasteiger partial charge in [0.25, 0.3) is 0 Å². The van der Waals surface area contributed by atoms with Gasteiger partial charge in [0, 0.05) is 24.3 Å². The van der Waals surface area contributed by atoms with E-state index in [1.54, 1.807) is 17.4 Å². The molecule has 2 aromatic rings. The van der Waals surface area contributed by atoms with Crippen LogP contribution in [0.4, 0.5) is 23.7 Å². The SMILES string of the molecule is CNc1ccccc1CC[C@@H]1CN[C@H](COC(=O)NCC(F)(F)F)[C@@H](COCc2ccc(Cl)cc2)O1. The summed E-state index contributed by atoms with van der Waals surface area (Å²) in [5, 5.41) is 8.81. The Bertz CT molecular complexity index is 962. The number of carbonyl (C=O) groups is 1. The van der Waals surface area contributed by atoms with Crippen LogP contribution in [0.3, 0.4) is 0 Å². The lowest BCUT2D eigenvalue weighted by Gasteiger charge is -2.37. The quantitative estimate of drug-likeness (QED) is 0.396. The van der Waals surface area contributed by atoms with Crippen molar-refractivity contribution in [3.63, 3.8) is 0 Å². The average molecular weight is 530 g/mol. The Labute approximate surface area is 213 Å². The number of anilines is 1. The average Bonchev–Trinajstić information content (AvgIpc) is 2.86. The Morgan fingerprint density at radius 2 is 1.92 bits per heavy atom. The fraction of sp³-hybridized carbons (Fsp3) is 0.480. The highest BCUT2D eigenvalue weighted by molar-refractivity contribution is 6.30. The van der Waals surface area contributed by atoms with Gasteiger partial charge >= 0.3 is 12.3 Å². The molecule has 2 aromatic carbocycles. The molecular weight excluding hydrogens is 499 g/mol. The van der Waals surface area contributed by atoms with Gasteiger partial charge in [-0.05, 0) is 42.2 Å². The topological polar surface area (TPSA) is 80.9 Å². The van der Waals surface area contributed by atoms with Crippen LogP contribution in [0.2, 0.25) is 5.02 Å². The molecule has 0 aliphatic carbocycles. The number of alkyl halides is 3. The summed E-state index contributed by atoms with van der Waals surface area (Å²) in [4.78, 5) is 11.7. The third kappa shape index (κ3) is 9.50. The molecule has 1 fully saturated rings. The van der Waals surface area contributed by atoms with E-state index in [1.807, 2.05) is 37.4 Å². The van der Waals surface area contributed by atoms with Gasteiger partial charge in [-0.2, -0.15) is 13.2 Å². The Morgan fingerprint density at radius 1 is 1.17 bits per heavy atom. The van der Waals surface area contributed by atoms with Gasteiger partial charge in [-0.15, -0.1) is 0 Å². The minimum atomic E-state index is -4.51. The van der Waals surface area contributed by atoms with Crippen LogP contribution in [0.5, 0.6) is 0 Å². The van der Waals surface area contributed by atoms with Crippen molar-refractivity contribution in [2.75, 3.05) is 38.7 Å². The van der Waals surface area contributed by atoms with Gasteiger partial charge < -0.3 is 30.2 Å². The minimum absolute atomic E-state index is 0.116. The second-order valence-electron chi connectivity index (χ2n) is 8.47. The third-order valence-electron chi connectivity index (χ3n) is 5.74. The smallest absolute Gasteiger partial charge is 0.407 e. The first-order valence-corrected chi connectivity index (χ1v) is 12.1. The Morgan fingerprint density at radius 3 is 2.64 bits per heavy atom. The largest absolute Gasteiger partial charge is 0.448 e. The van der Waals surface area contributed by atoms with E-state index in [0.29, 0.717) is 18.2 Å². The first kappa shape index (κ1) is 28.0. The molecule has 1 aliphatic rings. The molecule has 7 nitrogen and oxygen atoms in total. The van der Waals surface area contributed by atoms with E-state index in [4.69, 9.17) is 25.8 Å². The first-order valence-electron chi connectivity index (χ1n) is 11.7. The van der Waals surface area contributed by atoms with Gasteiger partial charge in [0.2, 0.25) is 0 Å². The van der Waals surface area contributed by atoms with E-state index < -0.39 is 31.0 Å². The zero-order valence-electron chi connectivity index (χ0n) is 19.9. The molecule has 3 atom stereocenters. The van der Waals surface area contributed by atoms with Gasteiger partial charge in [-0.3, -0.25) is 0 Å². The number of morpholine rings is 1. The van der Waals surface area contributed by atoms with Crippen molar-refractivity contribution in [2.24, 2.45) is 0 Å². The molecule has 1 heterocycles. The molecule has 0 spiro atoms. The van der Waals surface area contributed by atoms with Crippen LogP contribution in [-0.2, 0) is 27.2 Å². The van der Waals surface area contributed by atoms with Gasteiger partial charge in [-0.25, -0.2) is 4.79 Å². The van der Waals surface area contributed by atoms with E-state index in [1.165, 1.54) is 5.56 Å². The van der Waals surface area contributed by atoms with Crippen LogP contribution in [0.25, 0.3) is 0 Å². The predicted molar refractivity (Wildman–Crippen MR) is 131 cm³/mol. The van der Waals surface area contributed by atoms with E-state index in [2.05, 4.69) is 16.7 Å². The number of benzene rings is 2. The molecule has 1 amide bonds. The van der Waals surface area contributed by atoms with Crippen molar-refractivity contribution in [1.29, 1.82) is 0 Å². The molecule has 3 N–H and O–H groups in total. The molecule has 36 heavy (non-hydrogen) atoms. The zero-order valence-corrected chi connectivity index (χ0v) is 20.7. The fourth-order valence-corrected chi connectivity index (χ4v) is 3.98. The van der Waals surface area contributed by atoms with Crippen LogP contribution < -0.4 is 16.0 Å². The van der Waals surface area contributed by atoms with Gasteiger partial charge in [-0.1, -0.05) is 41.9 Å². The summed E-state index contributed by atoms with van der Waals surface area (Å²) in [6.07, 6.45) is -4.69. The van der Waals surface area contributed by atoms with Crippen molar-refractivity contribution in [3.05, 3.63) is 64.7 Å². The molecule has 1 saturated heterocycles. The van der Waals surface area contributed by atoms with Gasteiger partial charge in [0.1, 0.15) is 13.2 Å². The molecule has 0 saturated carbocycles. The maximum absolute atomic E-state index is 12.3. The Hall–Kier alpha value is -2.53. The number of amides is 1. The van der Waals surface area contributed by atoms with E-state index >= 15 is 0 Å². The van der Waals surface area contributed by atoms with Gasteiger partial charge in [0.15, 0.2) is 0 Å². The van der Waals surface area contributed by atoms with Crippen molar-refractivity contribution < 1.29 is 32.2 Å². The second kappa shape index (κ2) is 13.7. The number of rotatable bonds is 11. The van der Waals surface area contributed by atoms with Gasteiger partial charge in [0.05, 0.1) is 31.5 Å². The number of para-hydroxylation sites is 1. The standard InChI is InChI=1S/C25H31ClF3N3O4/c1-30-21-5-3-2-4-18(21)8-11-20-12-31-22(14-35-24(33)32-16-25(27,28)29)23(36-20)15-34-13-17-6-9-19(26)10-7-17/h2-7,9-10,20,22-23,30-31H,8,11-16H2,1H3,(H,32,33)/t20-,22-,23-/m1/s1. The normalized spacial score (nSPS) is 20.1. The van der Waals surface area contributed by atoms with E-state index in [9.17, 15) is 18.0 Å². The molecule has 0 unspecified atom stereocenters. The lowest BCUT2D eigenvalue weighted by atomic mass is 10.0. The van der Waals surface area contributed by atoms with Crippen molar-refractivity contribution in [3.8, 4) is 0 Å². The summed E-state index contributed by atoms with van der Waals surface area (Å²) in [7, 11) is 1.88. The summed E-state index contributed by atoms with van der Waals surface area (Å²) >= 11 is 5.92. The first-order chi connectivity index (χ1) is 17.2. The summed E-state index contributed by atoms with van der Waals surface area (Å²) in [5.74, 6) is 0. The van der Waals surface area contributed by atoms with E-state index in [-0.39, 0.29) is 19.3 Å². The molecule has 0 bridgehead atoms. The second-order valence-corrected chi connectivity index (χ2v) is 8.90. The number of aryl methyl sites for hydroxylation is 1. The monoisotopic (exact) mass is 529 g/mol. The lowest BCUT2D eigenvalue weighted by molar-refractivity contribution is -0.125. The summed E-state index contributed by atoms with van der Waals surface area (Å²) in [6.45, 7) is -0.569. The van der Waals surface area contributed by atoms with Crippen LogP contribution in [0, 0.1) is 0 Å². The molecule has 3 rings (SSSR count). The van der Waals surface area contributed by atoms with Crippen LogP contribution >= 0.6 is 11.6 Å². The summed E-state index contributed by atoms with van der Waals surface area (Å²) in [5.41, 5.74) is 3.16. The predicted octanol–water partition coefficient (Wildman–Crippen LogP) is 4.55. The maximum Gasteiger partial charge on any atom is 0.407 e. The van der Waals surface area contributed by atoms with E-state index in [0.717, 1.165) is 24.1 Å². The lowest BCUT2D eigenvalue weighted by Crippen LogP contribution is -2.56. The maximum atomic E-state index is 12.3. The summed E-state index contributed by atoms with van der Waals surface area (Å²) in [6, 6.07) is 14.9. The Kier molecular flexibility index (Phi) is 10.7. The Balaban J connectivity index is 1.55. The van der Waals surface area contributed by atoms with Crippen LogP contribution in [0.1, 0.15) is 17.5 Å².